The average Bonchev–Trinajstić information content (AvgIpc) is 1.90. The van der Waals surface area contributed by atoms with Crippen LogP contribution in [0.5, 0.6) is 0 Å². The van der Waals surface area contributed by atoms with Gasteiger partial charge in [0.25, 0.3) is 0 Å². The van der Waals surface area contributed by atoms with Crippen molar-refractivity contribution in [2.45, 2.75) is 0 Å². The minimum absolute atomic E-state index is 0.813. The zero-order valence-corrected chi connectivity index (χ0v) is 5.26. The van der Waals surface area contributed by atoms with E-state index in [1.54, 1.807) is 0 Å². The zero-order chi connectivity index (χ0) is 6.69. The molecule has 0 saturated carbocycles. The average molecular weight is 120 g/mol. The van der Waals surface area contributed by atoms with E-state index in [-0.39, 0.29) is 0 Å². The standard InChI is InChI=1S/C7H8N2/c1-9-4-2-7(6-8)3-5-9/h2-5,8H,1H3. The molecule has 0 aromatic heterocycles. The lowest BCUT2D eigenvalue weighted by Crippen LogP contribution is -2.02. The summed E-state index contributed by atoms with van der Waals surface area (Å²) in [5.74, 6) is 2.29. The fourth-order valence-electron chi connectivity index (χ4n) is 0.584. The van der Waals surface area contributed by atoms with Gasteiger partial charge in [0.15, 0.2) is 0 Å². The number of hydrogen-bond donors (Lipinski definition) is 1. The van der Waals surface area contributed by atoms with E-state index >= 15 is 0 Å². The molecular weight excluding hydrogens is 112 g/mol. The molecular formula is C7H8N2. The lowest BCUT2D eigenvalue weighted by atomic mass is 10.2. The van der Waals surface area contributed by atoms with E-state index in [0.717, 1.165) is 5.57 Å². The van der Waals surface area contributed by atoms with Crippen molar-refractivity contribution in [3.63, 3.8) is 0 Å². The molecule has 0 unspecified atom stereocenters. The summed E-state index contributed by atoms with van der Waals surface area (Å²) < 4.78 is 0. The third-order valence-corrected chi connectivity index (χ3v) is 1.12. The van der Waals surface area contributed by atoms with Gasteiger partial charge in [0.2, 0.25) is 0 Å². The number of hydrogen-bond acceptors (Lipinski definition) is 2. The molecule has 0 aromatic carbocycles. The summed E-state index contributed by atoms with van der Waals surface area (Å²) in [4.78, 5) is 1.92. The normalized spacial score (nSPS) is 16.1. The molecule has 1 rings (SSSR count). The van der Waals surface area contributed by atoms with Crippen LogP contribution in [0.3, 0.4) is 0 Å². The molecule has 2 nitrogen and oxygen atoms in total. The highest BCUT2D eigenvalue weighted by atomic mass is 15.0. The van der Waals surface area contributed by atoms with Crippen LogP contribution in [0.1, 0.15) is 0 Å². The molecule has 0 aliphatic carbocycles. The van der Waals surface area contributed by atoms with Gasteiger partial charge in [-0.3, -0.25) is 5.41 Å². The number of nitrogens with zero attached hydrogens (tertiary/aromatic N) is 1. The molecule has 1 aliphatic rings. The first-order valence-corrected chi connectivity index (χ1v) is 2.71. The molecule has 1 heterocycles. The Labute approximate surface area is 54.3 Å². The maximum Gasteiger partial charge on any atom is 0.0382 e. The monoisotopic (exact) mass is 120 g/mol. The van der Waals surface area contributed by atoms with Crippen molar-refractivity contribution < 1.29 is 0 Å². The molecule has 0 spiro atoms. The molecule has 46 valence electrons. The van der Waals surface area contributed by atoms with Crippen molar-refractivity contribution in [2.24, 2.45) is 0 Å². The van der Waals surface area contributed by atoms with E-state index in [9.17, 15) is 0 Å². The van der Waals surface area contributed by atoms with Crippen LogP contribution >= 0.6 is 0 Å². The van der Waals surface area contributed by atoms with Crippen LogP contribution < -0.4 is 0 Å². The smallest absolute Gasteiger partial charge is 0.0382 e. The summed E-state index contributed by atoms with van der Waals surface area (Å²) in [7, 11) is 1.94. The van der Waals surface area contributed by atoms with Crippen molar-refractivity contribution in [1.82, 2.24) is 4.90 Å². The highest BCUT2D eigenvalue weighted by Gasteiger charge is 1.91. The molecule has 0 atom stereocenters. The third kappa shape index (κ3) is 1.31. The quantitative estimate of drug-likeness (QED) is 0.477. The second kappa shape index (κ2) is 2.33. The second-order valence-electron chi connectivity index (χ2n) is 1.88. The Kier molecular flexibility index (Phi) is 1.52. The second-order valence-corrected chi connectivity index (χ2v) is 1.88. The number of rotatable bonds is 0. The van der Waals surface area contributed by atoms with Gasteiger partial charge in [-0.25, -0.2) is 0 Å². The van der Waals surface area contributed by atoms with Gasteiger partial charge in [-0.1, -0.05) is 0 Å². The van der Waals surface area contributed by atoms with E-state index in [2.05, 4.69) is 5.87 Å². The molecule has 1 N–H and O–H groups in total. The molecule has 1 aliphatic heterocycles. The first-order valence-electron chi connectivity index (χ1n) is 2.71. The van der Waals surface area contributed by atoms with Crippen molar-refractivity contribution in [1.29, 1.82) is 5.41 Å². The molecule has 0 radical (unpaired) electrons. The molecule has 9 heavy (non-hydrogen) atoms. The maximum atomic E-state index is 6.75. The van der Waals surface area contributed by atoms with Gasteiger partial charge in [0.05, 0.1) is 0 Å². The molecule has 0 aromatic rings. The minimum Gasteiger partial charge on any atom is -0.357 e. The summed E-state index contributed by atoms with van der Waals surface area (Å²) >= 11 is 0. The van der Waals surface area contributed by atoms with E-state index in [1.165, 1.54) is 0 Å². The molecule has 2 heteroatoms. The Bertz CT molecular complexity index is 191. The van der Waals surface area contributed by atoms with Crippen LogP contribution in [0.2, 0.25) is 0 Å². The fraction of sp³-hybridized carbons (Fsp3) is 0.143. The zero-order valence-electron chi connectivity index (χ0n) is 5.26. The molecule has 0 bridgehead atoms. The maximum absolute atomic E-state index is 6.75. The van der Waals surface area contributed by atoms with Gasteiger partial charge in [-0.2, -0.15) is 0 Å². The van der Waals surface area contributed by atoms with Crippen LogP contribution in [0.15, 0.2) is 30.1 Å². The van der Waals surface area contributed by atoms with E-state index in [4.69, 9.17) is 5.41 Å². The summed E-state index contributed by atoms with van der Waals surface area (Å²) in [6.07, 6.45) is 7.45. The summed E-state index contributed by atoms with van der Waals surface area (Å²) in [6.45, 7) is 0. The van der Waals surface area contributed by atoms with E-state index in [1.807, 2.05) is 36.5 Å². The van der Waals surface area contributed by atoms with Crippen LogP contribution in [0.25, 0.3) is 0 Å². The Morgan fingerprint density at radius 3 is 2.44 bits per heavy atom. The van der Waals surface area contributed by atoms with Crippen molar-refractivity contribution in [3.8, 4) is 0 Å². The lowest BCUT2D eigenvalue weighted by molar-refractivity contribution is 0.620. The van der Waals surface area contributed by atoms with Crippen LogP contribution in [0.4, 0.5) is 0 Å². The van der Waals surface area contributed by atoms with Crippen LogP contribution in [0, 0.1) is 5.41 Å². The van der Waals surface area contributed by atoms with E-state index in [0.29, 0.717) is 0 Å². The lowest BCUT2D eigenvalue weighted by Gasteiger charge is -2.09. The first kappa shape index (κ1) is 5.86. The third-order valence-electron chi connectivity index (χ3n) is 1.12. The highest BCUT2D eigenvalue weighted by molar-refractivity contribution is 5.64. The first-order chi connectivity index (χ1) is 4.33. The van der Waals surface area contributed by atoms with Gasteiger partial charge < -0.3 is 4.90 Å². The van der Waals surface area contributed by atoms with Crippen LogP contribution in [-0.4, -0.2) is 17.8 Å². The van der Waals surface area contributed by atoms with Crippen molar-refractivity contribution >= 4 is 5.87 Å². The van der Waals surface area contributed by atoms with Crippen molar-refractivity contribution in [3.05, 3.63) is 30.1 Å². The minimum atomic E-state index is 0.813. The van der Waals surface area contributed by atoms with Crippen LogP contribution in [-0.2, 0) is 0 Å². The largest absolute Gasteiger partial charge is 0.357 e. The summed E-state index contributed by atoms with van der Waals surface area (Å²) in [5, 5.41) is 6.75. The Balaban J connectivity index is 2.82. The Morgan fingerprint density at radius 2 is 2.00 bits per heavy atom. The SMILES string of the molecule is CN1C=CC(=C=N)C=C1. The Hall–Kier alpha value is -1.27. The number of nitrogens with one attached hydrogen (secondary N) is 1. The molecule has 0 amide bonds. The Morgan fingerprint density at radius 1 is 1.44 bits per heavy atom. The van der Waals surface area contributed by atoms with Crippen molar-refractivity contribution in [2.75, 3.05) is 7.05 Å². The topological polar surface area (TPSA) is 27.1 Å². The van der Waals surface area contributed by atoms with Gasteiger partial charge in [0, 0.05) is 25.0 Å². The molecule has 0 saturated heterocycles. The predicted molar refractivity (Wildman–Crippen MR) is 37.3 cm³/mol. The van der Waals surface area contributed by atoms with Gasteiger partial charge in [-0.05, 0) is 18.0 Å². The van der Waals surface area contributed by atoms with Gasteiger partial charge in [-0.15, -0.1) is 0 Å². The highest BCUT2D eigenvalue weighted by Crippen LogP contribution is 2.02. The fourth-order valence-corrected chi connectivity index (χ4v) is 0.584. The number of allylic oxidation sites excluding steroid dienone is 3. The summed E-state index contributed by atoms with van der Waals surface area (Å²) in [6, 6.07) is 0. The summed E-state index contributed by atoms with van der Waals surface area (Å²) in [5.41, 5.74) is 0.813. The molecule has 0 fully saturated rings. The predicted octanol–water partition coefficient (Wildman–Crippen LogP) is 1.13. The van der Waals surface area contributed by atoms with E-state index < -0.39 is 0 Å². The van der Waals surface area contributed by atoms with Gasteiger partial charge in [0.1, 0.15) is 0 Å². The van der Waals surface area contributed by atoms with Gasteiger partial charge >= 0.3 is 0 Å².